The molecule has 4 rings (SSSR count). The Morgan fingerprint density at radius 1 is 1.00 bits per heavy atom. The molecule has 32 heavy (non-hydrogen) atoms. The van der Waals surface area contributed by atoms with Crippen molar-refractivity contribution < 1.29 is 21.6 Å². The van der Waals surface area contributed by atoms with Crippen LogP contribution in [-0.4, -0.2) is 44.9 Å². The summed E-state index contributed by atoms with van der Waals surface area (Å²) >= 11 is 0. The number of hydrazine groups is 1. The van der Waals surface area contributed by atoms with E-state index in [4.69, 9.17) is 0 Å². The fourth-order valence-electron chi connectivity index (χ4n) is 4.25. The number of aryl methyl sites for hydroxylation is 1. The number of benzene rings is 2. The van der Waals surface area contributed by atoms with Gasteiger partial charge in [-0.3, -0.25) is 10.9 Å². The number of alkyl halides is 3. The molecule has 10 heteroatoms. The Hall–Kier alpha value is -2.14. The van der Waals surface area contributed by atoms with Crippen LogP contribution in [0.15, 0.2) is 47.4 Å². The van der Waals surface area contributed by atoms with Crippen LogP contribution in [0.1, 0.15) is 36.1 Å². The van der Waals surface area contributed by atoms with Gasteiger partial charge in [-0.1, -0.05) is 18.2 Å². The van der Waals surface area contributed by atoms with Crippen LogP contribution in [0.5, 0.6) is 0 Å². The van der Waals surface area contributed by atoms with Gasteiger partial charge in [0.1, 0.15) is 0 Å². The number of hydrogen-bond donors (Lipinski definition) is 2. The van der Waals surface area contributed by atoms with Gasteiger partial charge in [0.2, 0.25) is 10.0 Å². The van der Waals surface area contributed by atoms with Crippen LogP contribution in [0.25, 0.3) is 0 Å². The summed E-state index contributed by atoms with van der Waals surface area (Å²) in [4.78, 5) is 2.07. The van der Waals surface area contributed by atoms with Gasteiger partial charge >= 0.3 is 6.18 Å². The lowest BCUT2D eigenvalue weighted by Gasteiger charge is -2.36. The summed E-state index contributed by atoms with van der Waals surface area (Å²) in [6.07, 6.45) is -3.55. The Morgan fingerprint density at radius 2 is 1.72 bits per heavy atom. The lowest BCUT2D eigenvalue weighted by Crippen LogP contribution is -2.48. The largest absolute Gasteiger partial charge is 0.416 e. The Kier molecular flexibility index (Phi) is 6.23. The van der Waals surface area contributed by atoms with Crippen molar-refractivity contribution in [2.45, 2.75) is 43.4 Å². The van der Waals surface area contributed by atoms with Crippen molar-refractivity contribution in [2.75, 3.05) is 31.1 Å². The van der Waals surface area contributed by atoms with Crippen molar-refractivity contribution in [3.8, 4) is 0 Å². The maximum Gasteiger partial charge on any atom is 0.416 e. The molecule has 2 fully saturated rings. The highest BCUT2D eigenvalue weighted by molar-refractivity contribution is 7.89. The van der Waals surface area contributed by atoms with Crippen LogP contribution < -0.4 is 15.8 Å². The SMILES string of the molecule is Cc1ccc(C2CC(C)NN2)cc1S(=O)(=O)N1CCN(c2cccc(C(F)(F)F)c2)CC1. The Bertz CT molecular complexity index is 1080. The predicted octanol–water partition coefficient (Wildman–Crippen LogP) is 3.45. The van der Waals surface area contributed by atoms with Crippen LogP contribution >= 0.6 is 0 Å². The Labute approximate surface area is 186 Å². The highest BCUT2D eigenvalue weighted by Gasteiger charge is 2.33. The number of piperazine rings is 1. The second-order valence-electron chi connectivity index (χ2n) is 8.44. The minimum atomic E-state index is -4.41. The number of hydrogen-bond acceptors (Lipinski definition) is 5. The van der Waals surface area contributed by atoms with Gasteiger partial charge in [-0.15, -0.1) is 0 Å². The molecular formula is C22H27F3N4O2S. The minimum Gasteiger partial charge on any atom is -0.369 e. The van der Waals surface area contributed by atoms with E-state index in [0.29, 0.717) is 30.4 Å². The van der Waals surface area contributed by atoms with E-state index in [0.717, 1.165) is 24.1 Å². The van der Waals surface area contributed by atoms with Crippen molar-refractivity contribution >= 4 is 15.7 Å². The molecule has 6 nitrogen and oxygen atoms in total. The van der Waals surface area contributed by atoms with Gasteiger partial charge in [0.05, 0.1) is 10.5 Å². The van der Waals surface area contributed by atoms with Crippen molar-refractivity contribution in [3.63, 3.8) is 0 Å². The zero-order chi connectivity index (χ0) is 23.1. The molecule has 2 aliphatic rings. The number of halogens is 3. The maximum absolute atomic E-state index is 13.4. The lowest BCUT2D eigenvalue weighted by molar-refractivity contribution is -0.137. The summed E-state index contributed by atoms with van der Waals surface area (Å²) in [5.41, 5.74) is 7.67. The first-order valence-corrected chi connectivity index (χ1v) is 12.0. The molecule has 2 N–H and O–H groups in total. The molecule has 2 unspecified atom stereocenters. The van der Waals surface area contributed by atoms with E-state index in [-0.39, 0.29) is 24.0 Å². The van der Waals surface area contributed by atoms with E-state index in [1.807, 2.05) is 12.1 Å². The first-order chi connectivity index (χ1) is 15.1. The third-order valence-electron chi connectivity index (χ3n) is 6.10. The predicted molar refractivity (Wildman–Crippen MR) is 117 cm³/mol. The number of rotatable bonds is 4. The molecule has 0 amide bonds. The number of anilines is 1. The van der Waals surface area contributed by atoms with Gasteiger partial charge in [-0.2, -0.15) is 17.5 Å². The molecule has 0 aliphatic carbocycles. The molecule has 2 saturated heterocycles. The minimum absolute atomic E-state index is 0.0392. The smallest absolute Gasteiger partial charge is 0.369 e. The average molecular weight is 469 g/mol. The number of nitrogens with zero attached hydrogens (tertiary/aromatic N) is 2. The van der Waals surface area contributed by atoms with Crippen LogP contribution in [-0.2, 0) is 16.2 Å². The fraction of sp³-hybridized carbons (Fsp3) is 0.455. The molecule has 2 aromatic rings. The summed E-state index contributed by atoms with van der Waals surface area (Å²) in [7, 11) is -3.72. The highest BCUT2D eigenvalue weighted by Crippen LogP contribution is 2.33. The normalized spacial score (nSPS) is 23.0. The monoisotopic (exact) mass is 468 g/mol. The van der Waals surface area contributed by atoms with Gasteiger partial charge < -0.3 is 4.90 Å². The average Bonchev–Trinajstić information content (AvgIpc) is 3.20. The Morgan fingerprint density at radius 3 is 2.34 bits per heavy atom. The lowest BCUT2D eigenvalue weighted by atomic mass is 10.0. The Balaban J connectivity index is 1.50. The summed E-state index contributed by atoms with van der Waals surface area (Å²) in [6.45, 7) is 4.90. The molecule has 2 atom stereocenters. The highest BCUT2D eigenvalue weighted by atomic mass is 32.2. The van der Waals surface area contributed by atoms with Crippen LogP contribution in [0.4, 0.5) is 18.9 Å². The van der Waals surface area contributed by atoms with E-state index in [2.05, 4.69) is 17.8 Å². The third kappa shape index (κ3) is 4.63. The van der Waals surface area contributed by atoms with Crippen molar-refractivity contribution in [3.05, 3.63) is 59.2 Å². The van der Waals surface area contributed by atoms with Gasteiger partial charge in [0.25, 0.3) is 0 Å². The second kappa shape index (κ2) is 8.66. The zero-order valence-electron chi connectivity index (χ0n) is 18.0. The summed E-state index contributed by atoms with van der Waals surface area (Å²) < 4.78 is 67.3. The maximum atomic E-state index is 13.4. The summed E-state index contributed by atoms with van der Waals surface area (Å²) in [6, 6.07) is 11.0. The van der Waals surface area contributed by atoms with Crippen LogP contribution in [0.3, 0.4) is 0 Å². The first-order valence-electron chi connectivity index (χ1n) is 10.6. The van der Waals surface area contributed by atoms with E-state index in [1.54, 1.807) is 24.0 Å². The molecule has 0 radical (unpaired) electrons. The van der Waals surface area contributed by atoms with Crippen LogP contribution in [0.2, 0.25) is 0 Å². The molecule has 2 aliphatic heterocycles. The van der Waals surface area contributed by atoms with Crippen molar-refractivity contribution in [2.24, 2.45) is 0 Å². The zero-order valence-corrected chi connectivity index (χ0v) is 18.8. The first kappa shape index (κ1) is 23.0. The second-order valence-corrected chi connectivity index (χ2v) is 10.3. The van der Waals surface area contributed by atoms with Crippen molar-refractivity contribution in [1.82, 2.24) is 15.2 Å². The molecule has 2 heterocycles. The summed E-state index contributed by atoms with van der Waals surface area (Å²) in [5.74, 6) is 0. The van der Waals surface area contributed by atoms with E-state index >= 15 is 0 Å². The molecule has 0 spiro atoms. The molecule has 174 valence electrons. The van der Waals surface area contributed by atoms with Gasteiger partial charge in [-0.25, -0.2) is 8.42 Å². The van der Waals surface area contributed by atoms with Crippen molar-refractivity contribution in [1.29, 1.82) is 0 Å². The van der Waals surface area contributed by atoms with E-state index in [1.165, 1.54) is 10.4 Å². The van der Waals surface area contributed by atoms with Crippen LogP contribution in [0, 0.1) is 6.92 Å². The van der Waals surface area contributed by atoms with Gasteiger partial charge in [-0.05, 0) is 55.7 Å². The molecule has 0 saturated carbocycles. The fourth-order valence-corrected chi connectivity index (χ4v) is 5.93. The van der Waals surface area contributed by atoms with E-state index < -0.39 is 21.8 Å². The molecule has 2 aromatic carbocycles. The molecule has 0 bridgehead atoms. The van der Waals surface area contributed by atoms with Gasteiger partial charge in [0.15, 0.2) is 0 Å². The number of nitrogens with one attached hydrogen (secondary N) is 2. The topological polar surface area (TPSA) is 64.7 Å². The van der Waals surface area contributed by atoms with Gasteiger partial charge in [0, 0.05) is 44.0 Å². The molecular weight excluding hydrogens is 441 g/mol. The standard InChI is InChI=1S/C22H27F3N4O2S/c1-15-6-7-17(20-12-16(2)26-27-20)13-21(15)32(30,31)29-10-8-28(9-11-29)19-5-3-4-18(14-19)22(23,24)25/h3-7,13-14,16,20,26-27H,8-12H2,1-2H3. The van der Waals surface area contributed by atoms with E-state index in [9.17, 15) is 21.6 Å². The summed E-state index contributed by atoms with van der Waals surface area (Å²) in [5, 5.41) is 0. The number of sulfonamides is 1. The molecule has 0 aromatic heterocycles. The quantitative estimate of drug-likeness (QED) is 0.720. The third-order valence-corrected chi connectivity index (χ3v) is 8.14.